The molecular formula is C8H8O4S. The summed E-state index contributed by atoms with van der Waals surface area (Å²) in [6, 6.07) is 0. The van der Waals surface area contributed by atoms with Crippen molar-refractivity contribution >= 4 is 21.1 Å². The molecule has 13 heavy (non-hydrogen) atoms. The predicted octanol–water partition coefficient (Wildman–Crippen LogP) is 0.0972. The number of hydrogen-bond acceptors (Lipinski definition) is 4. The van der Waals surface area contributed by atoms with E-state index in [1.807, 2.05) is 0 Å². The van der Waals surface area contributed by atoms with E-state index in [2.05, 4.69) is 4.74 Å². The third-order valence-corrected chi connectivity index (χ3v) is 2.40. The van der Waals surface area contributed by atoms with Crippen LogP contribution in [0.5, 0.6) is 0 Å². The lowest BCUT2D eigenvalue weighted by Crippen LogP contribution is -2.16. The van der Waals surface area contributed by atoms with Gasteiger partial charge in [0, 0.05) is 6.42 Å². The fourth-order valence-corrected chi connectivity index (χ4v) is 1.56. The van der Waals surface area contributed by atoms with Crippen LogP contribution in [-0.4, -0.2) is 26.4 Å². The van der Waals surface area contributed by atoms with Crippen LogP contribution in [0.3, 0.4) is 0 Å². The molecule has 5 heteroatoms. The molecule has 4 nitrogen and oxygen atoms in total. The molecule has 0 N–H and O–H groups in total. The first-order valence-electron chi connectivity index (χ1n) is 3.57. The van der Waals surface area contributed by atoms with Crippen molar-refractivity contribution in [2.24, 2.45) is 0 Å². The highest BCUT2D eigenvalue weighted by molar-refractivity contribution is 7.73. The molecule has 0 fully saturated rings. The Kier molecular flexibility index (Phi) is 3.02. The normalized spacial score (nSPS) is 15.2. The molecule has 1 aliphatic carbocycles. The van der Waals surface area contributed by atoms with Crippen LogP contribution in [0, 0.1) is 0 Å². The molecular weight excluding hydrogens is 192 g/mol. The Morgan fingerprint density at radius 1 is 1.54 bits per heavy atom. The lowest BCUT2D eigenvalue weighted by Gasteiger charge is -2.06. The largest absolute Gasteiger partial charge is 0.465 e. The number of rotatable bonds is 1. The van der Waals surface area contributed by atoms with E-state index in [0.717, 1.165) is 0 Å². The third-order valence-electron chi connectivity index (χ3n) is 1.61. The second kappa shape index (κ2) is 4.04. The van der Waals surface area contributed by atoms with Gasteiger partial charge in [0.15, 0.2) is 0 Å². The average Bonchev–Trinajstić information content (AvgIpc) is 2.16. The molecule has 0 bridgehead atoms. The van der Waals surface area contributed by atoms with E-state index in [1.165, 1.54) is 13.2 Å². The SMILES string of the molecule is COC(=O)C1=CC=CCC1=S(=O)=O. The summed E-state index contributed by atoms with van der Waals surface area (Å²) in [6.45, 7) is 0. The standard InChI is InChI=1S/C8H8O4S/c1-12-8(9)6-4-2-3-5-7(6)13(10)11/h2-4H,5H2,1H3. The number of ether oxygens (including phenoxy) is 1. The predicted molar refractivity (Wildman–Crippen MR) is 47.8 cm³/mol. The summed E-state index contributed by atoms with van der Waals surface area (Å²) in [6.07, 6.45) is 4.97. The van der Waals surface area contributed by atoms with Crippen molar-refractivity contribution < 1.29 is 17.9 Å². The Bertz CT molecular complexity index is 403. The molecule has 0 saturated carbocycles. The molecule has 0 radical (unpaired) electrons. The van der Waals surface area contributed by atoms with Gasteiger partial charge >= 0.3 is 5.97 Å². The van der Waals surface area contributed by atoms with Crippen molar-refractivity contribution in [3.63, 3.8) is 0 Å². The summed E-state index contributed by atoms with van der Waals surface area (Å²) in [5.41, 5.74) is 0.110. The van der Waals surface area contributed by atoms with Gasteiger partial charge in [0.05, 0.1) is 17.5 Å². The maximum Gasteiger partial charge on any atom is 0.339 e. The van der Waals surface area contributed by atoms with Crippen molar-refractivity contribution in [3.8, 4) is 0 Å². The number of methoxy groups -OCH3 is 1. The zero-order chi connectivity index (χ0) is 9.84. The second-order valence-electron chi connectivity index (χ2n) is 2.36. The van der Waals surface area contributed by atoms with Gasteiger partial charge in [-0.3, -0.25) is 0 Å². The molecule has 0 saturated heterocycles. The second-order valence-corrected chi connectivity index (χ2v) is 3.32. The Morgan fingerprint density at radius 2 is 2.23 bits per heavy atom. The van der Waals surface area contributed by atoms with Gasteiger partial charge in [-0.15, -0.1) is 0 Å². The van der Waals surface area contributed by atoms with Crippen LogP contribution in [0.25, 0.3) is 0 Å². The molecule has 0 amide bonds. The highest BCUT2D eigenvalue weighted by Crippen LogP contribution is 2.09. The lowest BCUT2D eigenvalue weighted by atomic mass is 10.1. The van der Waals surface area contributed by atoms with Crippen LogP contribution in [0.2, 0.25) is 0 Å². The first-order chi connectivity index (χ1) is 6.16. The van der Waals surface area contributed by atoms with Gasteiger partial charge in [-0.2, -0.15) is 8.42 Å². The maximum absolute atomic E-state index is 11.1. The van der Waals surface area contributed by atoms with E-state index < -0.39 is 16.3 Å². The smallest absolute Gasteiger partial charge is 0.339 e. The summed E-state index contributed by atoms with van der Waals surface area (Å²) < 4.78 is 25.8. The molecule has 0 unspecified atom stereocenters. The Labute approximate surface area is 77.0 Å². The Morgan fingerprint density at radius 3 is 2.77 bits per heavy atom. The van der Waals surface area contributed by atoms with Crippen LogP contribution < -0.4 is 0 Å². The molecule has 0 aliphatic heterocycles. The Balaban J connectivity index is 3.19. The van der Waals surface area contributed by atoms with E-state index >= 15 is 0 Å². The van der Waals surface area contributed by atoms with E-state index in [-0.39, 0.29) is 16.9 Å². The minimum atomic E-state index is -2.36. The summed E-state index contributed by atoms with van der Waals surface area (Å²) >= 11 is 0. The average molecular weight is 200 g/mol. The third kappa shape index (κ3) is 2.06. The molecule has 70 valence electrons. The van der Waals surface area contributed by atoms with Gasteiger partial charge in [0.25, 0.3) is 0 Å². The highest BCUT2D eigenvalue weighted by atomic mass is 32.2. The monoisotopic (exact) mass is 200 g/mol. The van der Waals surface area contributed by atoms with Crippen LogP contribution in [0.15, 0.2) is 23.8 Å². The van der Waals surface area contributed by atoms with E-state index in [4.69, 9.17) is 0 Å². The van der Waals surface area contributed by atoms with Crippen LogP contribution >= 0.6 is 0 Å². The van der Waals surface area contributed by atoms with Crippen LogP contribution in [0.4, 0.5) is 0 Å². The summed E-state index contributed by atoms with van der Waals surface area (Å²) in [4.78, 5) is 11.1. The number of hydrogen-bond donors (Lipinski definition) is 0. The van der Waals surface area contributed by atoms with Gasteiger partial charge in [-0.05, 0) is 6.08 Å². The molecule has 1 aliphatic rings. The summed E-state index contributed by atoms with van der Waals surface area (Å²) in [5.74, 6) is -0.622. The van der Waals surface area contributed by atoms with Crippen LogP contribution in [-0.2, 0) is 19.8 Å². The topological polar surface area (TPSA) is 60.4 Å². The van der Waals surface area contributed by atoms with Crippen molar-refractivity contribution in [2.75, 3.05) is 7.11 Å². The van der Waals surface area contributed by atoms with Crippen molar-refractivity contribution in [1.29, 1.82) is 0 Å². The number of carbonyl (C=O) groups excluding carboxylic acids is 1. The van der Waals surface area contributed by atoms with Gasteiger partial charge in [0.1, 0.15) is 0 Å². The minimum absolute atomic E-state index is 0.0781. The molecule has 0 aromatic carbocycles. The number of carbonyl (C=O) groups is 1. The van der Waals surface area contributed by atoms with E-state index in [9.17, 15) is 13.2 Å². The molecule has 1 rings (SSSR count). The number of esters is 1. The first kappa shape index (κ1) is 9.73. The van der Waals surface area contributed by atoms with Crippen molar-refractivity contribution in [1.82, 2.24) is 0 Å². The highest BCUT2D eigenvalue weighted by Gasteiger charge is 2.18. The fraction of sp³-hybridized carbons (Fsp3) is 0.250. The van der Waals surface area contributed by atoms with Gasteiger partial charge in [-0.1, -0.05) is 12.2 Å². The van der Waals surface area contributed by atoms with Crippen molar-refractivity contribution in [3.05, 3.63) is 23.8 Å². The minimum Gasteiger partial charge on any atom is -0.465 e. The fourth-order valence-electron chi connectivity index (χ4n) is 0.992. The van der Waals surface area contributed by atoms with Gasteiger partial charge < -0.3 is 4.74 Å². The zero-order valence-electron chi connectivity index (χ0n) is 6.98. The zero-order valence-corrected chi connectivity index (χ0v) is 7.80. The molecule has 0 aromatic heterocycles. The molecule has 0 heterocycles. The van der Waals surface area contributed by atoms with E-state index in [1.54, 1.807) is 12.2 Å². The Hall–Kier alpha value is -1.36. The van der Waals surface area contributed by atoms with E-state index in [0.29, 0.717) is 0 Å². The molecule has 0 atom stereocenters. The molecule has 0 aromatic rings. The van der Waals surface area contributed by atoms with Gasteiger partial charge in [-0.25, -0.2) is 4.79 Å². The summed E-state index contributed by atoms with van der Waals surface area (Å²) in [7, 11) is -1.14. The quantitative estimate of drug-likeness (QED) is 0.445. The lowest BCUT2D eigenvalue weighted by molar-refractivity contribution is -0.135. The van der Waals surface area contributed by atoms with Crippen molar-refractivity contribution in [2.45, 2.75) is 6.42 Å². The summed E-state index contributed by atoms with van der Waals surface area (Å²) in [5, 5.41) is 0. The molecule has 0 spiro atoms. The van der Waals surface area contributed by atoms with Crippen LogP contribution in [0.1, 0.15) is 6.42 Å². The van der Waals surface area contributed by atoms with Gasteiger partial charge in [0.2, 0.25) is 10.3 Å². The first-order valence-corrected chi connectivity index (χ1v) is 4.65. The number of allylic oxidation sites excluding steroid dienone is 3. The maximum atomic E-state index is 11.1.